The third kappa shape index (κ3) is 2.32. The zero-order chi connectivity index (χ0) is 15.0. The first-order chi connectivity index (χ1) is 10.0. The number of sulfonamides is 1. The van der Waals surface area contributed by atoms with Crippen molar-refractivity contribution < 1.29 is 8.42 Å². The van der Waals surface area contributed by atoms with Gasteiger partial charge >= 0.3 is 0 Å². The monoisotopic (exact) mass is 306 g/mol. The zero-order valence-electron chi connectivity index (χ0n) is 12.0. The summed E-state index contributed by atoms with van der Waals surface area (Å²) < 4.78 is 28.7. The molecule has 0 saturated heterocycles. The van der Waals surface area contributed by atoms with E-state index in [0.717, 1.165) is 17.7 Å². The van der Waals surface area contributed by atoms with Crippen molar-refractivity contribution in [3.05, 3.63) is 42.4 Å². The van der Waals surface area contributed by atoms with E-state index in [1.807, 2.05) is 31.3 Å². The molecule has 2 heterocycles. The van der Waals surface area contributed by atoms with E-state index in [0.29, 0.717) is 6.54 Å². The lowest BCUT2D eigenvalue weighted by Crippen LogP contribution is -2.39. The van der Waals surface area contributed by atoms with Crippen LogP contribution in [0.15, 0.2) is 41.8 Å². The van der Waals surface area contributed by atoms with E-state index in [4.69, 9.17) is 0 Å². The Bertz CT molecular complexity index is 754. The Kier molecular flexibility index (Phi) is 3.46. The highest BCUT2D eigenvalue weighted by Gasteiger charge is 2.33. The van der Waals surface area contributed by atoms with E-state index in [9.17, 15) is 8.42 Å². The molecule has 0 saturated carbocycles. The molecule has 1 unspecified atom stereocenters. The summed E-state index contributed by atoms with van der Waals surface area (Å²) >= 11 is 0. The second-order valence-electron chi connectivity index (χ2n) is 5.14. The van der Waals surface area contributed by atoms with Crippen LogP contribution in [0.3, 0.4) is 0 Å². The fourth-order valence-corrected chi connectivity index (χ4v) is 4.19. The van der Waals surface area contributed by atoms with Crippen LogP contribution in [0.1, 0.15) is 18.0 Å². The molecule has 0 bridgehead atoms. The first-order valence-electron chi connectivity index (χ1n) is 6.81. The van der Waals surface area contributed by atoms with Crippen molar-refractivity contribution in [2.75, 3.05) is 17.9 Å². The van der Waals surface area contributed by atoms with Crippen LogP contribution in [0.2, 0.25) is 0 Å². The average molecular weight is 306 g/mol. The number of hydrogen-bond donors (Lipinski definition) is 1. The van der Waals surface area contributed by atoms with Gasteiger partial charge in [-0.05, 0) is 25.1 Å². The van der Waals surface area contributed by atoms with E-state index in [1.165, 1.54) is 16.8 Å². The summed E-state index contributed by atoms with van der Waals surface area (Å²) in [6, 6.07) is 7.78. The van der Waals surface area contributed by atoms with E-state index in [2.05, 4.69) is 10.3 Å². The number of nitrogens with one attached hydrogen (secondary N) is 1. The van der Waals surface area contributed by atoms with Gasteiger partial charge in [0.1, 0.15) is 0 Å². The SMILES string of the molecule is CNC1CCN(S(=O)(=O)c2cn(C)cn2)c2ccccc21. The molecule has 1 N–H and O–H groups in total. The first kappa shape index (κ1) is 14.1. The lowest BCUT2D eigenvalue weighted by molar-refractivity contribution is 0.527. The predicted molar refractivity (Wildman–Crippen MR) is 80.6 cm³/mol. The molecule has 21 heavy (non-hydrogen) atoms. The van der Waals surface area contributed by atoms with Crippen LogP contribution in [0.25, 0.3) is 0 Å². The fourth-order valence-electron chi connectivity index (χ4n) is 2.72. The molecule has 3 rings (SSSR count). The smallest absolute Gasteiger partial charge is 0.283 e. The standard InChI is InChI=1S/C14H18N4O2S/c1-15-12-7-8-18(13-6-4-3-5-11(12)13)21(19,20)14-9-17(2)10-16-14/h3-6,9-10,12,15H,7-8H2,1-2H3. The predicted octanol–water partition coefficient (Wildman–Crippen LogP) is 1.28. The molecule has 7 heteroatoms. The molecule has 0 radical (unpaired) electrons. The highest BCUT2D eigenvalue weighted by molar-refractivity contribution is 7.92. The van der Waals surface area contributed by atoms with E-state index < -0.39 is 10.0 Å². The lowest BCUT2D eigenvalue weighted by Gasteiger charge is -2.34. The molecule has 0 fully saturated rings. The summed E-state index contributed by atoms with van der Waals surface area (Å²) in [4.78, 5) is 3.99. The summed E-state index contributed by atoms with van der Waals surface area (Å²) in [6.07, 6.45) is 3.76. The van der Waals surface area contributed by atoms with E-state index in [-0.39, 0.29) is 11.1 Å². The number of aryl methyl sites for hydroxylation is 1. The van der Waals surface area contributed by atoms with Crippen molar-refractivity contribution >= 4 is 15.7 Å². The first-order valence-corrected chi connectivity index (χ1v) is 8.25. The zero-order valence-corrected chi connectivity index (χ0v) is 12.8. The molecular weight excluding hydrogens is 288 g/mol. The van der Waals surface area contributed by atoms with Crippen LogP contribution in [-0.4, -0.2) is 31.6 Å². The normalized spacial score (nSPS) is 18.6. The van der Waals surface area contributed by atoms with Crippen molar-refractivity contribution in [1.29, 1.82) is 0 Å². The quantitative estimate of drug-likeness (QED) is 0.927. The lowest BCUT2D eigenvalue weighted by atomic mass is 9.98. The summed E-state index contributed by atoms with van der Waals surface area (Å²) in [7, 11) is 0.0377. The van der Waals surface area contributed by atoms with Crippen molar-refractivity contribution in [2.45, 2.75) is 17.5 Å². The maximum Gasteiger partial charge on any atom is 0.283 e. The topological polar surface area (TPSA) is 67.2 Å². The van der Waals surface area contributed by atoms with Crippen molar-refractivity contribution in [3.63, 3.8) is 0 Å². The second-order valence-corrected chi connectivity index (χ2v) is 6.95. The number of rotatable bonds is 3. The van der Waals surface area contributed by atoms with Crippen LogP contribution < -0.4 is 9.62 Å². The maximum atomic E-state index is 12.8. The van der Waals surface area contributed by atoms with Gasteiger partial charge in [-0.25, -0.2) is 4.98 Å². The van der Waals surface area contributed by atoms with Crippen LogP contribution in [-0.2, 0) is 17.1 Å². The third-order valence-electron chi connectivity index (χ3n) is 3.79. The van der Waals surface area contributed by atoms with Gasteiger partial charge in [-0.1, -0.05) is 18.2 Å². The third-order valence-corrected chi connectivity index (χ3v) is 5.48. The van der Waals surface area contributed by atoms with Crippen LogP contribution >= 0.6 is 0 Å². The van der Waals surface area contributed by atoms with Gasteiger partial charge in [-0.2, -0.15) is 8.42 Å². The summed E-state index contributed by atoms with van der Waals surface area (Å²) in [5, 5.41) is 3.32. The number of anilines is 1. The number of fused-ring (bicyclic) bond motifs is 1. The van der Waals surface area contributed by atoms with Gasteiger partial charge in [0.25, 0.3) is 10.0 Å². The molecule has 2 aromatic rings. The molecular formula is C14H18N4O2S. The van der Waals surface area contributed by atoms with Crippen molar-refractivity contribution in [1.82, 2.24) is 14.9 Å². The number of imidazole rings is 1. The number of para-hydroxylation sites is 1. The molecule has 112 valence electrons. The van der Waals surface area contributed by atoms with E-state index in [1.54, 1.807) is 11.6 Å². The Hall–Kier alpha value is -1.86. The average Bonchev–Trinajstić information content (AvgIpc) is 2.93. The highest BCUT2D eigenvalue weighted by atomic mass is 32.2. The second kappa shape index (κ2) is 5.16. The fraction of sp³-hybridized carbons (Fsp3) is 0.357. The summed E-state index contributed by atoms with van der Waals surface area (Å²) in [5.41, 5.74) is 1.74. The molecule has 1 aromatic carbocycles. The molecule has 0 aliphatic carbocycles. The Labute approximate surface area is 124 Å². The molecule has 1 aliphatic rings. The Morgan fingerprint density at radius 1 is 1.33 bits per heavy atom. The van der Waals surface area contributed by atoms with Gasteiger partial charge in [-0.15, -0.1) is 0 Å². The Morgan fingerprint density at radius 3 is 2.76 bits per heavy atom. The Morgan fingerprint density at radius 2 is 2.10 bits per heavy atom. The van der Waals surface area contributed by atoms with Gasteiger partial charge in [0.15, 0.2) is 5.03 Å². The minimum atomic E-state index is -3.61. The molecule has 0 amide bonds. The molecule has 1 atom stereocenters. The molecule has 1 aliphatic heterocycles. The van der Waals surface area contributed by atoms with E-state index >= 15 is 0 Å². The number of nitrogens with zero attached hydrogens (tertiary/aromatic N) is 3. The minimum absolute atomic E-state index is 0.0858. The van der Waals surface area contributed by atoms with Crippen LogP contribution in [0.5, 0.6) is 0 Å². The van der Waals surface area contributed by atoms with Crippen molar-refractivity contribution in [2.24, 2.45) is 7.05 Å². The minimum Gasteiger partial charge on any atom is -0.339 e. The van der Waals surface area contributed by atoms with Crippen LogP contribution in [0.4, 0.5) is 5.69 Å². The maximum absolute atomic E-state index is 12.8. The number of benzene rings is 1. The van der Waals surface area contributed by atoms with Gasteiger partial charge in [0.05, 0.1) is 12.0 Å². The molecule has 6 nitrogen and oxygen atoms in total. The summed E-state index contributed by atoms with van der Waals surface area (Å²) in [5.74, 6) is 0. The largest absolute Gasteiger partial charge is 0.339 e. The van der Waals surface area contributed by atoms with Crippen molar-refractivity contribution in [3.8, 4) is 0 Å². The van der Waals surface area contributed by atoms with Gasteiger partial charge in [0.2, 0.25) is 0 Å². The molecule has 0 spiro atoms. The van der Waals surface area contributed by atoms with Gasteiger partial charge in [0, 0.05) is 25.8 Å². The van der Waals surface area contributed by atoms with Crippen LogP contribution in [0, 0.1) is 0 Å². The molecule has 1 aromatic heterocycles. The van der Waals surface area contributed by atoms with Gasteiger partial charge in [-0.3, -0.25) is 4.31 Å². The number of aromatic nitrogens is 2. The Balaban J connectivity index is 2.08. The highest BCUT2D eigenvalue weighted by Crippen LogP contribution is 2.36. The number of hydrogen-bond acceptors (Lipinski definition) is 4. The summed E-state index contributed by atoms with van der Waals surface area (Å²) in [6.45, 7) is 0.446. The van der Waals surface area contributed by atoms with Gasteiger partial charge < -0.3 is 9.88 Å².